The van der Waals surface area contributed by atoms with Crippen LogP contribution in [0.3, 0.4) is 0 Å². The number of amides is 3. The van der Waals surface area contributed by atoms with Crippen LogP contribution in [0.1, 0.15) is 75.2 Å². The Morgan fingerprint density at radius 2 is 1.37 bits per heavy atom. The van der Waals surface area contributed by atoms with E-state index >= 15 is 0 Å². The van der Waals surface area contributed by atoms with Gasteiger partial charge in [0.15, 0.2) is 12.1 Å². The largest absolute Gasteiger partial charge is 0.467 e. The van der Waals surface area contributed by atoms with Crippen molar-refractivity contribution in [3.05, 3.63) is 0 Å². The fourth-order valence-corrected chi connectivity index (χ4v) is 4.85. The van der Waals surface area contributed by atoms with E-state index in [1.807, 2.05) is 27.7 Å². The Kier molecular flexibility index (Phi) is 12.0. The first-order valence-electron chi connectivity index (χ1n) is 14.1. The fourth-order valence-electron chi connectivity index (χ4n) is 4.85. The molecule has 13 heteroatoms. The predicted octanol–water partition coefficient (Wildman–Crippen LogP) is 2.01. The zero-order chi connectivity index (χ0) is 31.3. The van der Waals surface area contributed by atoms with Crippen LogP contribution in [0.25, 0.3) is 0 Å². The Morgan fingerprint density at radius 3 is 1.88 bits per heavy atom. The molecule has 0 aromatic heterocycles. The molecule has 0 saturated carbocycles. The van der Waals surface area contributed by atoms with Crippen LogP contribution >= 0.6 is 0 Å². The Balaban J connectivity index is 2.36. The lowest BCUT2D eigenvalue weighted by molar-refractivity contribution is -0.229. The molecule has 41 heavy (non-hydrogen) atoms. The van der Waals surface area contributed by atoms with Crippen LogP contribution in [0.5, 0.6) is 0 Å². The average molecular weight is 588 g/mol. The number of rotatable bonds is 12. The first-order valence-corrected chi connectivity index (χ1v) is 14.1. The SMILES string of the molecule is COC(=O)[C@H](CC(C)C)NC(=O)[C@H](CC(C)C)NC(=O)[C@H](NC(=O)OC(C)(C)C)[C@H]1O[C@@H](OC)[C@@H]2OC(C)(C)O[C@@H]21. The highest BCUT2D eigenvalue weighted by Crippen LogP contribution is 2.40. The maximum absolute atomic E-state index is 13.9. The van der Waals surface area contributed by atoms with Crippen molar-refractivity contribution in [2.75, 3.05) is 14.2 Å². The molecule has 0 spiro atoms. The number of nitrogens with one attached hydrogen (secondary N) is 3. The smallest absolute Gasteiger partial charge is 0.408 e. The van der Waals surface area contributed by atoms with Crippen LogP contribution in [0.15, 0.2) is 0 Å². The van der Waals surface area contributed by atoms with Gasteiger partial charge in [0, 0.05) is 7.11 Å². The van der Waals surface area contributed by atoms with Gasteiger partial charge in [-0.2, -0.15) is 0 Å². The first kappa shape index (κ1) is 34.7. The van der Waals surface area contributed by atoms with E-state index in [9.17, 15) is 19.2 Å². The van der Waals surface area contributed by atoms with Crippen LogP contribution in [-0.2, 0) is 42.8 Å². The van der Waals surface area contributed by atoms with Crippen LogP contribution in [-0.4, -0.2) is 92.2 Å². The van der Waals surface area contributed by atoms with E-state index in [4.69, 9.17) is 28.4 Å². The van der Waals surface area contributed by atoms with Gasteiger partial charge >= 0.3 is 12.1 Å². The normalized spacial score (nSPS) is 25.7. The molecule has 0 aromatic carbocycles. The molecule has 0 unspecified atom stereocenters. The molecule has 0 aliphatic carbocycles. The van der Waals surface area contributed by atoms with Crippen molar-refractivity contribution in [2.45, 2.75) is 129 Å². The number of esters is 1. The third kappa shape index (κ3) is 10.1. The number of fused-ring (bicyclic) bond motifs is 1. The monoisotopic (exact) mass is 587 g/mol. The van der Waals surface area contributed by atoms with Gasteiger partial charge in [-0.15, -0.1) is 0 Å². The Morgan fingerprint density at radius 1 is 0.829 bits per heavy atom. The minimum atomic E-state index is -1.34. The topological polar surface area (TPSA) is 160 Å². The zero-order valence-corrected chi connectivity index (χ0v) is 26.2. The van der Waals surface area contributed by atoms with E-state index in [1.54, 1.807) is 34.6 Å². The molecule has 3 amide bonds. The number of hydrogen-bond acceptors (Lipinski definition) is 10. The third-order valence-corrected chi connectivity index (χ3v) is 6.41. The fraction of sp³-hybridized carbons (Fsp3) is 0.857. The second-order valence-corrected chi connectivity index (χ2v) is 12.8. The summed E-state index contributed by atoms with van der Waals surface area (Å²) in [4.78, 5) is 52.5. The van der Waals surface area contributed by atoms with E-state index < -0.39 is 78.0 Å². The molecule has 236 valence electrons. The standard InChI is InChI=1S/C28H49N3O10/c1-14(2)12-16(22(32)30-17(13-15(3)4)24(34)36-10)29-23(33)18(31-26(35)41-27(5,6)7)19-20-21(25(37-11)38-19)40-28(8,9)39-20/h14-21,25H,12-13H2,1-11H3,(H,29,33)(H,30,32)(H,31,35)/t16-,17-,18+,19+,20+,21+,25+/m0/s1. The molecule has 0 aromatic rings. The van der Waals surface area contributed by atoms with Gasteiger partial charge in [-0.25, -0.2) is 9.59 Å². The molecule has 13 nitrogen and oxygen atoms in total. The summed E-state index contributed by atoms with van der Waals surface area (Å²) in [5.74, 6) is -2.73. The molecule has 2 aliphatic heterocycles. The zero-order valence-electron chi connectivity index (χ0n) is 26.2. The van der Waals surface area contributed by atoms with Crippen LogP contribution in [0, 0.1) is 11.8 Å². The number of alkyl carbamates (subject to hydrolysis) is 1. The Hall–Kier alpha value is -2.48. The van der Waals surface area contributed by atoms with Crippen LogP contribution in [0.4, 0.5) is 4.79 Å². The molecule has 0 radical (unpaired) electrons. The van der Waals surface area contributed by atoms with Crippen molar-refractivity contribution in [1.82, 2.24) is 16.0 Å². The maximum atomic E-state index is 13.9. The summed E-state index contributed by atoms with van der Waals surface area (Å²) in [5.41, 5.74) is -0.840. The summed E-state index contributed by atoms with van der Waals surface area (Å²) < 4.78 is 33.7. The molecule has 2 rings (SSSR count). The molecular weight excluding hydrogens is 538 g/mol. The summed E-state index contributed by atoms with van der Waals surface area (Å²) in [6.07, 6.45) is -3.58. The lowest BCUT2D eigenvalue weighted by atomic mass is 9.99. The second kappa shape index (κ2) is 14.1. The molecule has 2 fully saturated rings. The molecule has 2 saturated heterocycles. The molecule has 2 heterocycles. The molecule has 7 atom stereocenters. The number of hydrogen-bond donors (Lipinski definition) is 3. The van der Waals surface area contributed by atoms with Crippen molar-refractivity contribution >= 4 is 23.9 Å². The van der Waals surface area contributed by atoms with Gasteiger partial charge in [-0.05, 0) is 59.3 Å². The molecular formula is C28H49N3O10. The number of ether oxygens (including phenoxy) is 6. The quantitative estimate of drug-likeness (QED) is 0.288. The van der Waals surface area contributed by atoms with Crippen molar-refractivity contribution in [3.63, 3.8) is 0 Å². The van der Waals surface area contributed by atoms with E-state index in [2.05, 4.69) is 16.0 Å². The van der Waals surface area contributed by atoms with Gasteiger partial charge in [0.05, 0.1) is 7.11 Å². The maximum Gasteiger partial charge on any atom is 0.408 e. The summed E-state index contributed by atoms with van der Waals surface area (Å²) in [5, 5.41) is 8.07. The van der Waals surface area contributed by atoms with Crippen molar-refractivity contribution < 1.29 is 47.6 Å². The van der Waals surface area contributed by atoms with Gasteiger partial charge in [0.25, 0.3) is 0 Å². The summed E-state index contributed by atoms with van der Waals surface area (Å²) in [6.45, 7) is 16.2. The first-order chi connectivity index (χ1) is 18.9. The Bertz CT molecular complexity index is 933. The van der Waals surface area contributed by atoms with Crippen molar-refractivity contribution in [2.24, 2.45) is 11.8 Å². The van der Waals surface area contributed by atoms with E-state index in [-0.39, 0.29) is 18.3 Å². The molecule has 2 aliphatic rings. The summed E-state index contributed by atoms with van der Waals surface area (Å²) in [7, 11) is 2.69. The van der Waals surface area contributed by atoms with E-state index in [0.717, 1.165) is 0 Å². The predicted molar refractivity (Wildman–Crippen MR) is 147 cm³/mol. The summed E-state index contributed by atoms with van der Waals surface area (Å²) in [6, 6.07) is -3.26. The van der Waals surface area contributed by atoms with Gasteiger partial charge in [0.1, 0.15) is 42.0 Å². The van der Waals surface area contributed by atoms with Crippen LogP contribution < -0.4 is 16.0 Å². The molecule has 3 N–H and O–H groups in total. The highest BCUT2D eigenvalue weighted by atomic mass is 16.8. The van der Waals surface area contributed by atoms with Gasteiger partial charge < -0.3 is 44.4 Å². The number of methoxy groups -OCH3 is 2. The average Bonchev–Trinajstić information content (AvgIpc) is 3.31. The van der Waals surface area contributed by atoms with Gasteiger partial charge in [-0.3, -0.25) is 9.59 Å². The van der Waals surface area contributed by atoms with Crippen LogP contribution in [0.2, 0.25) is 0 Å². The highest BCUT2D eigenvalue weighted by Gasteiger charge is 2.59. The highest BCUT2D eigenvalue weighted by molar-refractivity contribution is 5.93. The van der Waals surface area contributed by atoms with E-state index in [0.29, 0.717) is 6.42 Å². The minimum Gasteiger partial charge on any atom is -0.467 e. The minimum absolute atomic E-state index is 0.00216. The Labute approximate surface area is 243 Å². The van der Waals surface area contributed by atoms with Crippen molar-refractivity contribution in [1.29, 1.82) is 0 Å². The van der Waals surface area contributed by atoms with Crippen molar-refractivity contribution in [3.8, 4) is 0 Å². The van der Waals surface area contributed by atoms with Gasteiger partial charge in [0.2, 0.25) is 11.8 Å². The lowest BCUT2D eigenvalue weighted by Gasteiger charge is -2.31. The lowest BCUT2D eigenvalue weighted by Crippen LogP contribution is -2.61. The van der Waals surface area contributed by atoms with E-state index in [1.165, 1.54) is 14.2 Å². The molecule has 0 bridgehead atoms. The van der Waals surface area contributed by atoms with Gasteiger partial charge in [-0.1, -0.05) is 27.7 Å². The summed E-state index contributed by atoms with van der Waals surface area (Å²) >= 11 is 0. The number of carbonyl (C=O) groups excluding carboxylic acids is 4. The number of carbonyl (C=O) groups is 4. The third-order valence-electron chi connectivity index (χ3n) is 6.41. The second-order valence-electron chi connectivity index (χ2n) is 12.8.